The summed E-state index contributed by atoms with van der Waals surface area (Å²) in [5, 5.41) is 1.17. The van der Waals surface area contributed by atoms with E-state index in [2.05, 4.69) is 20.0 Å². The minimum atomic E-state index is -0.366. The molecule has 0 bridgehead atoms. The van der Waals surface area contributed by atoms with Gasteiger partial charge in [0.1, 0.15) is 0 Å². The number of guanidine groups is 1. The van der Waals surface area contributed by atoms with Gasteiger partial charge in [-0.15, -0.1) is 0 Å². The number of rotatable bonds is 0. The molecule has 0 fully saturated rings. The van der Waals surface area contributed by atoms with E-state index in [0.29, 0.717) is 22.1 Å². The molecule has 0 spiro atoms. The molecule has 0 radical (unpaired) electrons. The van der Waals surface area contributed by atoms with Crippen LogP contribution in [0.4, 0.5) is 11.4 Å². The molecule has 0 atom stereocenters. The molecule has 1 aromatic carbocycles. The second-order valence-electron chi connectivity index (χ2n) is 3.12. The number of nitrogens with zero attached hydrogens (tertiary/aromatic N) is 4. The summed E-state index contributed by atoms with van der Waals surface area (Å²) in [6, 6.07) is 3.36. The molecule has 2 aliphatic heterocycles. The molecular weight excluding hydrogens is 194 g/mol. The van der Waals surface area contributed by atoms with Crippen molar-refractivity contribution >= 4 is 29.5 Å². The van der Waals surface area contributed by atoms with E-state index in [1.165, 1.54) is 6.21 Å². The first kappa shape index (κ1) is 7.98. The second-order valence-corrected chi connectivity index (χ2v) is 3.12. The van der Waals surface area contributed by atoms with E-state index < -0.39 is 0 Å². The van der Waals surface area contributed by atoms with Crippen molar-refractivity contribution < 1.29 is 4.79 Å². The van der Waals surface area contributed by atoms with Crippen LogP contribution in [0.2, 0.25) is 0 Å². The van der Waals surface area contributed by atoms with Gasteiger partial charge in [0.25, 0.3) is 5.91 Å². The number of carbonyl (C=O) groups excluding carboxylic acids is 1. The molecule has 0 aliphatic carbocycles. The van der Waals surface area contributed by atoms with Crippen LogP contribution in [0.15, 0.2) is 32.1 Å². The van der Waals surface area contributed by atoms with Gasteiger partial charge in [-0.05, 0) is 12.1 Å². The lowest BCUT2D eigenvalue weighted by Gasteiger charge is -1.99. The van der Waals surface area contributed by atoms with E-state index in [1.807, 2.05) is 0 Å². The summed E-state index contributed by atoms with van der Waals surface area (Å²) >= 11 is 0. The van der Waals surface area contributed by atoms with Gasteiger partial charge in [-0.1, -0.05) is 0 Å². The summed E-state index contributed by atoms with van der Waals surface area (Å²) in [5.74, 6) is -0.156. The second kappa shape index (κ2) is 2.57. The third kappa shape index (κ3) is 1.15. The minimum Gasteiger partial charge on any atom is -0.368 e. The standard InChI is InChI=1S/C9H5N5O/c10-9-13-6-1-4-5(2-7(6)14-9)12-8(15)3-11-4/h1-3H,(H2,10,14). The van der Waals surface area contributed by atoms with Gasteiger partial charge in [-0.25, -0.2) is 20.0 Å². The average Bonchev–Trinajstić information content (AvgIpc) is 2.53. The fourth-order valence-electron chi connectivity index (χ4n) is 1.47. The zero-order valence-electron chi connectivity index (χ0n) is 7.51. The molecule has 1 aromatic rings. The number of benzene rings is 1. The summed E-state index contributed by atoms with van der Waals surface area (Å²) in [5.41, 5.74) is 6.70. The minimum absolute atomic E-state index is 0.211. The third-order valence-electron chi connectivity index (χ3n) is 2.09. The van der Waals surface area contributed by atoms with E-state index in [0.717, 1.165) is 0 Å². The predicted octanol–water partition coefficient (Wildman–Crippen LogP) is -0.872. The van der Waals surface area contributed by atoms with Crippen molar-refractivity contribution in [2.75, 3.05) is 0 Å². The third-order valence-corrected chi connectivity index (χ3v) is 2.09. The zero-order valence-corrected chi connectivity index (χ0v) is 7.51. The summed E-state index contributed by atoms with van der Waals surface area (Å²) in [7, 11) is 0. The van der Waals surface area contributed by atoms with Crippen LogP contribution >= 0.6 is 0 Å². The van der Waals surface area contributed by atoms with Crippen molar-refractivity contribution in [1.82, 2.24) is 0 Å². The van der Waals surface area contributed by atoms with Crippen LogP contribution in [0.5, 0.6) is 0 Å². The van der Waals surface area contributed by atoms with Gasteiger partial charge in [0, 0.05) is 0 Å². The SMILES string of the molecule is NC1=Nc2cc3c(cc2=N1)N=CC(=O)N=3. The largest absolute Gasteiger partial charge is 0.368 e. The lowest BCUT2D eigenvalue weighted by molar-refractivity contribution is -0.111. The van der Waals surface area contributed by atoms with Crippen LogP contribution in [0, 0.1) is 0 Å². The number of hydrogen-bond acceptors (Lipinski definition) is 5. The number of hydrogen-bond donors (Lipinski definition) is 1. The summed E-state index contributed by atoms with van der Waals surface area (Å²) < 4.78 is 0. The van der Waals surface area contributed by atoms with Crippen molar-refractivity contribution in [2.24, 2.45) is 25.7 Å². The Kier molecular flexibility index (Phi) is 1.37. The van der Waals surface area contributed by atoms with E-state index in [-0.39, 0.29) is 11.9 Å². The van der Waals surface area contributed by atoms with Crippen LogP contribution in [0.25, 0.3) is 0 Å². The number of aliphatic imine (C=N–C) groups is 2. The van der Waals surface area contributed by atoms with Crippen molar-refractivity contribution in [3.63, 3.8) is 0 Å². The molecule has 0 saturated carbocycles. The highest BCUT2D eigenvalue weighted by molar-refractivity contribution is 6.27. The fourth-order valence-corrected chi connectivity index (χ4v) is 1.47. The van der Waals surface area contributed by atoms with E-state index in [9.17, 15) is 4.79 Å². The Morgan fingerprint density at radius 3 is 2.60 bits per heavy atom. The molecule has 2 heterocycles. The number of amides is 1. The Bertz CT molecular complexity index is 656. The first-order chi connectivity index (χ1) is 7.22. The Balaban J connectivity index is 2.37. The molecule has 6 heteroatoms. The highest BCUT2D eigenvalue weighted by Crippen LogP contribution is 2.12. The molecule has 0 unspecified atom stereocenters. The van der Waals surface area contributed by atoms with Crippen molar-refractivity contribution in [1.29, 1.82) is 0 Å². The molecule has 3 rings (SSSR count). The topological polar surface area (TPSA) is 92.5 Å². The quantitative estimate of drug-likeness (QED) is 0.588. The number of nitrogens with two attached hydrogens (primary N) is 1. The maximum atomic E-state index is 11.0. The Labute approximate surface area is 83.6 Å². The van der Waals surface area contributed by atoms with E-state index >= 15 is 0 Å². The highest BCUT2D eigenvalue weighted by atomic mass is 16.1. The lowest BCUT2D eigenvalue weighted by atomic mass is 10.2. The van der Waals surface area contributed by atoms with Gasteiger partial charge < -0.3 is 5.73 Å². The van der Waals surface area contributed by atoms with Crippen LogP contribution in [-0.4, -0.2) is 18.1 Å². The normalized spacial score (nSPS) is 16.3. The molecule has 15 heavy (non-hydrogen) atoms. The van der Waals surface area contributed by atoms with Crippen molar-refractivity contribution in [3.8, 4) is 0 Å². The summed E-state index contributed by atoms with van der Waals surface area (Å²) in [6.07, 6.45) is 1.17. The van der Waals surface area contributed by atoms with Crippen LogP contribution in [0.3, 0.4) is 0 Å². The van der Waals surface area contributed by atoms with Crippen LogP contribution < -0.4 is 16.4 Å². The van der Waals surface area contributed by atoms with E-state index in [4.69, 9.17) is 5.73 Å². The molecule has 2 aliphatic rings. The molecule has 72 valence electrons. The van der Waals surface area contributed by atoms with Gasteiger partial charge in [-0.2, -0.15) is 0 Å². The summed E-state index contributed by atoms with van der Waals surface area (Å²) in [4.78, 5) is 26.8. The predicted molar refractivity (Wildman–Crippen MR) is 53.2 cm³/mol. The molecule has 0 aromatic heterocycles. The van der Waals surface area contributed by atoms with Crippen molar-refractivity contribution in [2.45, 2.75) is 0 Å². The fraction of sp³-hybridized carbons (Fsp3) is 0. The highest BCUT2D eigenvalue weighted by Gasteiger charge is 2.11. The zero-order chi connectivity index (χ0) is 10.4. The Morgan fingerprint density at radius 1 is 1.00 bits per heavy atom. The number of carbonyl (C=O) groups is 1. The van der Waals surface area contributed by atoms with Gasteiger partial charge in [-0.3, -0.25) is 4.79 Å². The van der Waals surface area contributed by atoms with Gasteiger partial charge in [0.15, 0.2) is 0 Å². The van der Waals surface area contributed by atoms with Crippen molar-refractivity contribution in [3.05, 3.63) is 22.8 Å². The first-order valence-electron chi connectivity index (χ1n) is 4.26. The van der Waals surface area contributed by atoms with Crippen LogP contribution in [0.1, 0.15) is 0 Å². The molecular formula is C9H5N5O. The monoisotopic (exact) mass is 199 g/mol. The first-order valence-corrected chi connectivity index (χ1v) is 4.26. The van der Waals surface area contributed by atoms with E-state index in [1.54, 1.807) is 12.1 Å². The average molecular weight is 199 g/mol. The number of fused-ring (bicyclic) bond motifs is 2. The molecule has 2 N–H and O–H groups in total. The lowest BCUT2D eigenvalue weighted by Crippen LogP contribution is -2.15. The van der Waals surface area contributed by atoms with Gasteiger partial charge >= 0.3 is 0 Å². The van der Waals surface area contributed by atoms with Crippen LogP contribution in [-0.2, 0) is 4.79 Å². The molecule has 1 amide bonds. The maximum absolute atomic E-state index is 11.0. The summed E-state index contributed by atoms with van der Waals surface area (Å²) in [6.45, 7) is 0. The van der Waals surface area contributed by atoms with Gasteiger partial charge in [0.2, 0.25) is 5.96 Å². The van der Waals surface area contributed by atoms with Gasteiger partial charge in [0.05, 0.1) is 28.3 Å². The smallest absolute Gasteiger partial charge is 0.288 e. The molecule has 0 saturated heterocycles. The molecule has 6 nitrogen and oxygen atoms in total. The maximum Gasteiger partial charge on any atom is 0.288 e. The Morgan fingerprint density at radius 2 is 1.73 bits per heavy atom. The Hall–Kier alpha value is -2.37.